The molecule has 0 aliphatic carbocycles. The normalized spacial score (nSPS) is 18.2. The summed E-state index contributed by atoms with van der Waals surface area (Å²) in [5.74, 6) is 0.266. The summed E-state index contributed by atoms with van der Waals surface area (Å²) in [6.45, 7) is 1.12. The van der Waals surface area contributed by atoms with Crippen LogP contribution in [0.3, 0.4) is 0 Å². The van der Waals surface area contributed by atoms with E-state index in [-0.39, 0.29) is 22.2 Å². The van der Waals surface area contributed by atoms with Crippen LogP contribution in [-0.2, 0) is 10.0 Å². The number of benzene rings is 2. The number of nitrogens with zero attached hydrogens (tertiary/aromatic N) is 2. The summed E-state index contributed by atoms with van der Waals surface area (Å²) < 4.78 is 45.9. The Labute approximate surface area is 152 Å². The first-order valence-corrected chi connectivity index (χ1v) is 9.82. The molecule has 0 bridgehead atoms. The third-order valence-corrected chi connectivity index (χ3v) is 6.33. The van der Waals surface area contributed by atoms with Gasteiger partial charge in [-0.15, -0.1) is 0 Å². The minimum atomic E-state index is -3.72. The maximum Gasteiger partial charge on any atom is 0.244 e. The molecule has 1 aliphatic rings. The fourth-order valence-electron chi connectivity index (χ4n) is 3.05. The van der Waals surface area contributed by atoms with Crippen molar-refractivity contribution < 1.29 is 17.5 Å². The summed E-state index contributed by atoms with van der Waals surface area (Å²) in [4.78, 5) is 0.0441. The average Bonchev–Trinajstić information content (AvgIpc) is 2.67. The van der Waals surface area contributed by atoms with Crippen molar-refractivity contribution in [3.05, 3.63) is 59.9 Å². The van der Waals surface area contributed by atoms with Crippen molar-refractivity contribution in [2.24, 2.45) is 5.92 Å². The van der Waals surface area contributed by atoms with Crippen LogP contribution in [0.5, 0.6) is 5.75 Å². The highest BCUT2D eigenvalue weighted by molar-refractivity contribution is 7.89. The molecule has 2 aromatic rings. The first kappa shape index (κ1) is 18.4. The van der Waals surface area contributed by atoms with Crippen LogP contribution < -0.4 is 4.74 Å². The molecule has 1 unspecified atom stereocenters. The quantitative estimate of drug-likeness (QED) is 0.806. The average molecular weight is 374 g/mol. The molecule has 0 radical (unpaired) electrons. The Bertz CT molecular complexity index is 907. The smallest absolute Gasteiger partial charge is 0.244 e. The number of sulfonamides is 1. The molecule has 0 amide bonds. The van der Waals surface area contributed by atoms with E-state index < -0.39 is 10.0 Å². The molecule has 0 N–H and O–H groups in total. The van der Waals surface area contributed by atoms with Crippen molar-refractivity contribution in [2.45, 2.75) is 17.7 Å². The van der Waals surface area contributed by atoms with Gasteiger partial charge in [0.2, 0.25) is 10.0 Å². The lowest BCUT2D eigenvalue weighted by Crippen LogP contribution is -2.41. The van der Waals surface area contributed by atoms with E-state index in [0.29, 0.717) is 25.4 Å². The lowest BCUT2D eigenvalue weighted by Gasteiger charge is -2.32. The van der Waals surface area contributed by atoms with Crippen molar-refractivity contribution in [3.63, 3.8) is 0 Å². The Balaban J connectivity index is 1.69. The molecule has 136 valence electrons. The Morgan fingerprint density at radius 1 is 1.19 bits per heavy atom. The molecule has 1 fully saturated rings. The number of nitriles is 1. The van der Waals surface area contributed by atoms with Gasteiger partial charge in [-0.3, -0.25) is 0 Å². The Kier molecular flexibility index (Phi) is 5.55. The van der Waals surface area contributed by atoms with E-state index >= 15 is 0 Å². The zero-order valence-electron chi connectivity index (χ0n) is 14.1. The van der Waals surface area contributed by atoms with E-state index in [1.54, 1.807) is 24.3 Å². The molecule has 1 aliphatic heterocycles. The lowest BCUT2D eigenvalue weighted by atomic mass is 10.0. The van der Waals surface area contributed by atoms with E-state index in [1.165, 1.54) is 28.6 Å². The molecule has 7 heteroatoms. The minimum Gasteiger partial charge on any atom is -0.493 e. The number of ether oxygens (including phenoxy) is 1. The Morgan fingerprint density at radius 3 is 2.65 bits per heavy atom. The summed E-state index contributed by atoms with van der Waals surface area (Å²) in [6.07, 6.45) is 1.58. The van der Waals surface area contributed by atoms with Crippen LogP contribution >= 0.6 is 0 Å². The van der Waals surface area contributed by atoms with Crippen LogP contribution in [0.2, 0.25) is 0 Å². The van der Waals surface area contributed by atoms with Crippen LogP contribution in [0.25, 0.3) is 0 Å². The van der Waals surface area contributed by atoms with Gasteiger partial charge < -0.3 is 4.74 Å². The number of piperidine rings is 1. The first-order valence-electron chi connectivity index (χ1n) is 8.38. The predicted octanol–water partition coefficient (Wildman–Crippen LogP) is 3.18. The second-order valence-electron chi connectivity index (χ2n) is 6.24. The molecule has 26 heavy (non-hydrogen) atoms. The van der Waals surface area contributed by atoms with Crippen molar-refractivity contribution in [3.8, 4) is 11.8 Å². The number of hydrogen-bond acceptors (Lipinski definition) is 4. The highest BCUT2D eigenvalue weighted by atomic mass is 32.2. The molecule has 0 aromatic heterocycles. The largest absolute Gasteiger partial charge is 0.493 e. The maximum absolute atomic E-state index is 12.9. The van der Waals surface area contributed by atoms with Gasteiger partial charge in [0, 0.05) is 19.0 Å². The monoisotopic (exact) mass is 374 g/mol. The fourth-order valence-corrected chi connectivity index (χ4v) is 4.75. The topological polar surface area (TPSA) is 70.4 Å². The molecule has 1 heterocycles. The van der Waals surface area contributed by atoms with E-state index in [2.05, 4.69) is 0 Å². The summed E-state index contributed by atoms with van der Waals surface area (Å²) >= 11 is 0. The zero-order chi connectivity index (χ0) is 18.6. The highest BCUT2D eigenvalue weighted by Gasteiger charge is 2.32. The van der Waals surface area contributed by atoms with Crippen LogP contribution in [0, 0.1) is 23.1 Å². The van der Waals surface area contributed by atoms with Crippen LogP contribution in [0.4, 0.5) is 4.39 Å². The molecule has 0 saturated carbocycles. The summed E-state index contributed by atoms with van der Waals surface area (Å²) in [5.41, 5.74) is 0.150. The van der Waals surface area contributed by atoms with E-state index in [1.807, 2.05) is 6.07 Å². The van der Waals surface area contributed by atoms with Gasteiger partial charge in [-0.2, -0.15) is 9.57 Å². The molecular formula is C19H19FN2O3S. The van der Waals surface area contributed by atoms with E-state index in [9.17, 15) is 18.1 Å². The van der Waals surface area contributed by atoms with Gasteiger partial charge in [0.25, 0.3) is 0 Å². The summed E-state index contributed by atoms with van der Waals surface area (Å²) in [6, 6.07) is 13.9. The molecule has 5 nitrogen and oxygen atoms in total. The predicted molar refractivity (Wildman–Crippen MR) is 94.5 cm³/mol. The van der Waals surface area contributed by atoms with Crippen molar-refractivity contribution in [1.82, 2.24) is 4.31 Å². The van der Waals surface area contributed by atoms with Crippen molar-refractivity contribution in [1.29, 1.82) is 5.26 Å². The summed E-state index contributed by atoms with van der Waals surface area (Å²) in [5, 5.41) is 9.18. The van der Waals surface area contributed by atoms with Gasteiger partial charge in [0.1, 0.15) is 17.6 Å². The van der Waals surface area contributed by atoms with Crippen molar-refractivity contribution in [2.75, 3.05) is 19.7 Å². The minimum absolute atomic E-state index is 0.0397. The molecule has 2 aromatic carbocycles. The van der Waals surface area contributed by atoms with Gasteiger partial charge in [-0.25, -0.2) is 12.8 Å². The first-order chi connectivity index (χ1) is 12.5. The van der Waals surface area contributed by atoms with Gasteiger partial charge >= 0.3 is 0 Å². The summed E-state index contributed by atoms with van der Waals surface area (Å²) in [7, 11) is -3.72. The molecule has 1 atom stereocenters. The molecule has 0 spiro atoms. The second kappa shape index (κ2) is 7.85. The van der Waals surface area contributed by atoms with Gasteiger partial charge in [-0.1, -0.05) is 12.1 Å². The Hall–Kier alpha value is -2.43. The molecular weight excluding hydrogens is 355 g/mol. The van der Waals surface area contributed by atoms with Crippen molar-refractivity contribution >= 4 is 10.0 Å². The standard InChI is InChI=1S/C19H19FN2O3S/c20-17-7-9-18(10-8-17)25-14-15-4-3-11-22(13-15)26(23,24)19-6-2-1-5-16(19)12-21/h1-2,5-10,15H,3-4,11,13-14H2. The maximum atomic E-state index is 12.9. The highest BCUT2D eigenvalue weighted by Crippen LogP contribution is 2.26. The van der Waals surface area contributed by atoms with Crippen LogP contribution in [-0.4, -0.2) is 32.4 Å². The SMILES string of the molecule is N#Cc1ccccc1S(=O)(=O)N1CCCC(COc2ccc(F)cc2)C1. The third kappa shape index (κ3) is 4.03. The Morgan fingerprint density at radius 2 is 1.92 bits per heavy atom. The van der Waals surface area contributed by atoms with E-state index in [0.717, 1.165) is 12.8 Å². The third-order valence-electron chi connectivity index (χ3n) is 4.41. The van der Waals surface area contributed by atoms with Gasteiger partial charge in [-0.05, 0) is 49.2 Å². The molecule has 1 saturated heterocycles. The zero-order valence-corrected chi connectivity index (χ0v) is 15.0. The van der Waals surface area contributed by atoms with Gasteiger partial charge in [0.15, 0.2) is 0 Å². The van der Waals surface area contributed by atoms with Gasteiger partial charge in [0.05, 0.1) is 17.1 Å². The fraction of sp³-hybridized carbons (Fsp3) is 0.316. The van der Waals surface area contributed by atoms with Crippen LogP contribution in [0.1, 0.15) is 18.4 Å². The molecule has 3 rings (SSSR count). The number of hydrogen-bond donors (Lipinski definition) is 0. The number of rotatable bonds is 5. The number of halogens is 1. The lowest BCUT2D eigenvalue weighted by molar-refractivity contribution is 0.180. The van der Waals surface area contributed by atoms with E-state index in [4.69, 9.17) is 4.74 Å². The second-order valence-corrected chi connectivity index (χ2v) is 8.15. The van der Waals surface area contributed by atoms with Crippen LogP contribution in [0.15, 0.2) is 53.4 Å².